The number of nitrogens with two attached hydrogens (primary N) is 1. The van der Waals surface area contributed by atoms with Gasteiger partial charge in [0.25, 0.3) is 0 Å². The molecule has 0 radical (unpaired) electrons. The molecule has 0 spiro atoms. The van der Waals surface area contributed by atoms with Crippen molar-refractivity contribution in [2.75, 3.05) is 5.73 Å². The summed E-state index contributed by atoms with van der Waals surface area (Å²) in [5.74, 6) is 0. The van der Waals surface area contributed by atoms with E-state index in [1.54, 1.807) is 6.20 Å². The number of pyridine rings is 2. The number of anilines is 1. The predicted molar refractivity (Wildman–Crippen MR) is 82.6 cm³/mol. The van der Waals surface area contributed by atoms with Gasteiger partial charge < -0.3 is 5.73 Å². The number of aryl methyl sites for hydroxylation is 2. The zero-order chi connectivity index (χ0) is 14.3. The molecule has 2 heterocycles. The summed E-state index contributed by atoms with van der Waals surface area (Å²) < 4.78 is 0. The standard InChI is InChI=1S/C17H21N3/c1-11-15(8-14(18)10-20-11)13-7-16(12(2)19-9-13)17(3)5-4-6-17/h7-10H,4-6,18H2,1-3H3. The maximum Gasteiger partial charge on any atom is 0.0507 e. The molecule has 0 saturated heterocycles. The summed E-state index contributed by atoms with van der Waals surface area (Å²) in [5, 5.41) is 0. The van der Waals surface area contributed by atoms with E-state index in [2.05, 4.69) is 29.9 Å². The lowest BCUT2D eigenvalue weighted by Gasteiger charge is -2.39. The first-order valence-electron chi connectivity index (χ1n) is 7.19. The molecule has 1 fully saturated rings. The fraction of sp³-hybridized carbons (Fsp3) is 0.412. The van der Waals surface area contributed by atoms with E-state index in [9.17, 15) is 0 Å². The molecule has 1 aliphatic carbocycles. The molecule has 0 aliphatic heterocycles. The van der Waals surface area contributed by atoms with Crippen LogP contribution >= 0.6 is 0 Å². The molecule has 2 aromatic heterocycles. The third kappa shape index (κ3) is 2.07. The predicted octanol–water partition coefficient (Wildman–Crippen LogP) is 3.78. The van der Waals surface area contributed by atoms with Crippen molar-refractivity contribution in [3.8, 4) is 11.1 Å². The average Bonchev–Trinajstić information content (AvgIpc) is 2.40. The van der Waals surface area contributed by atoms with Crippen LogP contribution in [0.5, 0.6) is 0 Å². The smallest absolute Gasteiger partial charge is 0.0507 e. The lowest BCUT2D eigenvalue weighted by Crippen LogP contribution is -2.31. The fourth-order valence-corrected chi connectivity index (χ4v) is 3.11. The van der Waals surface area contributed by atoms with Gasteiger partial charge in [0.05, 0.1) is 11.9 Å². The summed E-state index contributed by atoms with van der Waals surface area (Å²) in [5.41, 5.74) is 12.6. The van der Waals surface area contributed by atoms with Crippen molar-refractivity contribution in [1.82, 2.24) is 9.97 Å². The Hall–Kier alpha value is -1.90. The minimum absolute atomic E-state index is 0.300. The minimum Gasteiger partial charge on any atom is -0.397 e. The summed E-state index contributed by atoms with van der Waals surface area (Å²) in [7, 11) is 0. The number of aromatic nitrogens is 2. The molecule has 0 bridgehead atoms. The maximum absolute atomic E-state index is 5.87. The van der Waals surface area contributed by atoms with Crippen molar-refractivity contribution in [2.24, 2.45) is 0 Å². The van der Waals surface area contributed by atoms with Crippen molar-refractivity contribution in [3.05, 3.63) is 41.5 Å². The lowest BCUT2D eigenvalue weighted by molar-refractivity contribution is 0.270. The van der Waals surface area contributed by atoms with E-state index in [1.165, 1.54) is 24.8 Å². The zero-order valence-electron chi connectivity index (χ0n) is 12.4. The Kier molecular flexibility index (Phi) is 3.00. The second-order valence-electron chi connectivity index (χ2n) is 6.17. The lowest BCUT2D eigenvalue weighted by atomic mass is 9.65. The van der Waals surface area contributed by atoms with Crippen molar-refractivity contribution in [2.45, 2.75) is 45.4 Å². The van der Waals surface area contributed by atoms with Gasteiger partial charge in [0.15, 0.2) is 0 Å². The SMILES string of the molecule is Cc1ncc(N)cc1-c1cnc(C)c(C2(C)CCC2)c1. The van der Waals surface area contributed by atoms with Crippen molar-refractivity contribution in [1.29, 1.82) is 0 Å². The number of hydrogen-bond acceptors (Lipinski definition) is 3. The van der Waals surface area contributed by atoms with Gasteiger partial charge in [-0.2, -0.15) is 0 Å². The Morgan fingerprint density at radius 1 is 1.05 bits per heavy atom. The quantitative estimate of drug-likeness (QED) is 0.900. The number of nitrogens with zero attached hydrogens (tertiary/aromatic N) is 2. The van der Waals surface area contributed by atoms with Crippen LogP contribution in [0.1, 0.15) is 43.1 Å². The van der Waals surface area contributed by atoms with Crippen molar-refractivity contribution in [3.63, 3.8) is 0 Å². The molecule has 20 heavy (non-hydrogen) atoms. The van der Waals surface area contributed by atoms with Crippen molar-refractivity contribution < 1.29 is 0 Å². The van der Waals surface area contributed by atoms with Gasteiger partial charge in [0.2, 0.25) is 0 Å². The molecule has 104 valence electrons. The van der Waals surface area contributed by atoms with E-state index in [0.29, 0.717) is 11.1 Å². The van der Waals surface area contributed by atoms with E-state index in [1.807, 2.05) is 19.2 Å². The third-order valence-electron chi connectivity index (χ3n) is 4.61. The molecule has 2 aromatic rings. The normalized spacial score (nSPS) is 16.8. The summed E-state index contributed by atoms with van der Waals surface area (Å²) in [6.07, 6.45) is 7.47. The molecule has 3 heteroatoms. The maximum atomic E-state index is 5.87. The van der Waals surface area contributed by atoms with Gasteiger partial charge in [-0.25, -0.2) is 0 Å². The molecule has 3 rings (SSSR count). The Morgan fingerprint density at radius 2 is 1.75 bits per heavy atom. The molecule has 1 saturated carbocycles. The van der Waals surface area contributed by atoms with E-state index in [-0.39, 0.29) is 0 Å². The van der Waals surface area contributed by atoms with Crippen LogP contribution in [0.25, 0.3) is 11.1 Å². The number of nitrogen functional groups attached to an aromatic ring is 1. The molecule has 2 N–H and O–H groups in total. The van der Waals surface area contributed by atoms with Crippen LogP contribution in [-0.2, 0) is 5.41 Å². The first-order chi connectivity index (χ1) is 9.49. The van der Waals surface area contributed by atoms with Crippen LogP contribution in [0.4, 0.5) is 5.69 Å². The van der Waals surface area contributed by atoms with E-state index >= 15 is 0 Å². The van der Waals surface area contributed by atoms with Crippen molar-refractivity contribution >= 4 is 5.69 Å². The van der Waals surface area contributed by atoms with Crippen LogP contribution in [0, 0.1) is 13.8 Å². The summed E-state index contributed by atoms with van der Waals surface area (Å²) in [6, 6.07) is 4.27. The first kappa shape index (κ1) is 13.1. The molecule has 1 aliphatic rings. The van der Waals surface area contributed by atoms with Gasteiger partial charge in [0.1, 0.15) is 0 Å². The van der Waals surface area contributed by atoms with Gasteiger partial charge in [-0.1, -0.05) is 13.3 Å². The summed E-state index contributed by atoms with van der Waals surface area (Å²) in [4.78, 5) is 8.96. The Bertz CT molecular complexity index is 657. The molecular weight excluding hydrogens is 246 g/mol. The molecule has 0 atom stereocenters. The van der Waals surface area contributed by atoms with Gasteiger partial charge in [-0.15, -0.1) is 0 Å². The van der Waals surface area contributed by atoms with Gasteiger partial charge in [-0.05, 0) is 49.8 Å². The van der Waals surface area contributed by atoms with Crippen LogP contribution in [0.15, 0.2) is 24.5 Å². The summed E-state index contributed by atoms with van der Waals surface area (Å²) in [6.45, 7) is 6.46. The molecule has 0 aromatic carbocycles. The highest BCUT2D eigenvalue weighted by Crippen LogP contribution is 2.45. The second-order valence-corrected chi connectivity index (χ2v) is 6.17. The fourth-order valence-electron chi connectivity index (χ4n) is 3.11. The molecular formula is C17H21N3. The largest absolute Gasteiger partial charge is 0.397 e. The minimum atomic E-state index is 0.300. The molecule has 0 unspecified atom stereocenters. The number of rotatable bonds is 2. The molecule has 0 amide bonds. The van der Waals surface area contributed by atoms with Crippen LogP contribution in [0.2, 0.25) is 0 Å². The van der Waals surface area contributed by atoms with Crippen LogP contribution in [-0.4, -0.2) is 9.97 Å². The average molecular weight is 267 g/mol. The second kappa shape index (κ2) is 4.58. The van der Waals surface area contributed by atoms with Gasteiger partial charge in [-0.3, -0.25) is 9.97 Å². The van der Waals surface area contributed by atoms with E-state index in [0.717, 1.165) is 22.5 Å². The van der Waals surface area contributed by atoms with Crippen LogP contribution in [0.3, 0.4) is 0 Å². The van der Waals surface area contributed by atoms with Gasteiger partial charge >= 0.3 is 0 Å². The Labute approximate surface area is 120 Å². The summed E-state index contributed by atoms with van der Waals surface area (Å²) >= 11 is 0. The molecule has 3 nitrogen and oxygen atoms in total. The number of hydrogen-bond donors (Lipinski definition) is 1. The first-order valence-corrected chi connectivity index (χ1v) is 7.19. The van der Waals surface area contributed by atoms with E-state index in [4.69, 9.17) is 5.73 Å². The third-order valence-corrected chi connectivity index (χ3v) is 4.61. The topological polar surface area (TPSA) is 51.8 Å². The zero-order valence-corrected chi connectivity index (χ0v) is 12.4. The highest BCUT2D eigenvalue weighted by Gasteiger charge is 2.35. The van der Waals surface area contributed by atoms with Gasteiger partial charge in [0, 0.05) is 28.7 Å². The monoisotopic (exact) mass is 267 g/mol. The Morgan fingerprint density at radius 3 is 2.40 bits per heavy atom. The Balaban J connectivity index is 2.11. The van der Waals surface area contributed by atoms with E-state index < -0.39 is 0 Å². The highest BCUT2D eigenvalue weighted by molar-refractivity contribution is 5.69. The van der Waals surface area contributed by atoms with Crippen LogP contribution < -0.4 is 5.73 Å². The highest BCUT2D eigenvalue weighted by atomic mass is 14.7.